The van der Waals surface area contributed by atoms with Crippen LogP contribution in [0.3, 0.4) is 0 Å². The molecule has 1 atom stereocenters. The van der Waals surface area contributed by atoms with E-state index < -0.39 is 11.3 Å². The third kappa shape index (κ3) is 4.59. The molecular weight excluding hydrogens is 576 g/mol. The zero-order valence-electron chi connectivity index (χ0n) is 22.2. The SMILES string of the molecule is Cc1ncnc(C(C)C)c1-n1c(=O)nc2c3c(c(Cl)c(Br)cc31)OC[C@@H]1CN(C(=O)OC(C)(C)C)CCN21. The lowest BCUT2D eigenvalue weighted by Gasteiger charge is -2.41. The van der Waals surface area contributed by atoms with Crippen molar-refractivity contribution >= 4 is 50.3 Å². The normalized spacial score (nSPS) is 17.3. The van der Waals surface area contributed by atoms with E-state index in [4.69, 9.17) is 21.1 Å². The van der Waals surface area contributed by atoms with Crippen LogP contribution in [0, 0.1) is 6.92 Å². The average molecular weight is 606 g/mol. The van der Waals surface area contributed by atoms with Gasteiger partial charge < -0.3 is 19.3 Å². The fourth-order valence-corrected chi connectivity index (χ4v) is 5.57. The van der Waals surface area contributed by atoms with Gasteiger partial charge in [0.15, 0.2) is 5.75 Å². The van der Waals surface area contributed by atoms with Crippen molar-refractivity contribution in [1.29, 1.82) is 0 Å². The summed E-state index contributed by atoms with van der Waals surface area (Å²) in [6.45, 7) is 12.9. The maximum Gasteiger partial charge on any atom is 0.410 e. The number of benzene rings is 1. The zero-order valence-corrected chi connectivity index (χ0v) is 24.6. The second-order valence-corrected chi connectivity index (χ2v) is 12.1. The zero-order chi connectivity index (χ0) is 27.5. The Hall–Kier alpha value is -2.92. The number of fused-ring (bicyclic) bond motifs is 2. The number of carbonyl (C=O) groups is 1. The molecule has 2 aliphatic rings. The first-order chi connectivity index (χ1) is 17.9. The molecule has 5 rings (SSSR count). The van der Waals surface area contributed by atoms with Gasteiger partial charge in [-0.2, -0.15) is 4.98 Å². The van der Waals surface area contributed by atoms with Crippen LogP contribution in [0.1, 0.15) is 51.9 Å². The number of amides is 1. The fourth-order valence-electron chi connectivity index (χ4n) is 4.97. The topological polar surface area (TPSA) is 103 Å². The Morgan fingerprint density at radius 2 is 2.00 bits per heavy atom. The van der Waals surface area contributed by atoms with E-state index in [1.807, 2.05) is 52.5 Å². The highest BCUT2D eigenvalue weighted by molar-refractivity contribution is 9.10. The average Bonchev–Trinajstić information content (AvgIpc) is 2.99. The fraction of sp³-hybridized carbons (Fsp3) is 0.500. The molecule has 12 heteroatoms. The number of carbonyl (C=O) groups excluding carboxylic acids is 1. The van der Waals surface area contributed by atoms with Crippen LogP contribution in [-0.2, 0) is 4.74 Å². The Balaban J connectivity index is 1.69. The molecule has 2 aliphatic heterocycles. The van der Waals surface area contributed by atoms with Gasteiger partial charge in [-0.25, -0.2) is 19.6 Å². The van der Waals surface area contributed by atoms with Crippen molar-refractivity contribution in [3.63, 3.8) is 0 Å². The van der Waals surface area contributed by atoms with Crippen LogP contribution in [-0.4, -0.2) is 68.4 Å². The molecule has 202 valence electrons. The quantitative estimate of drug-likeness (QED) is 0.409. The van der Waals surface area contributed by atoms with Crippen molar-refractivity contribution in [2.24, 2.45) is 0 Å². The molecule has 3 aromatic rings. The third-order valence-corrected chi connectivity index (χ3v) is 7.87. The molecule has 38 heavy (non-hydrogen) atoms. The van der Waals surface area contributed by atoms with Gasteiger partial charge in [0.05, 0.1) is 39.0 Å². The van der Waals surface area contributed by atoms with E-state index in [-0.39, 0.29) is 24.7 Å². The number of piperazine rings is 1. The summed E-state index contributed by atoms with van der Waals surface area (Å²) in [7, 11) is 0. The summed E-state index contributed by atoms with van der Waals surface area (Å²) < 4.78 is 14.0. The van der Waals surface area contributed by atoms with Crippen molar-refractivity contribution in [2.45, 2.75) is 59.1 Å². The molecule has 0 bridgehead atoms. The minimum Gasteiger partial charge on any atom is -0.489 e. The third-order valence-electron chi connectivity index (χ3n) is 6.64. The van der Waals surface area contributed by atoms with Crippen molar-refractivity contribution in [2.75, 3.05) is 31.1 Å². The molecule has 0 saturated carbocycles. The highest BCUT2D eigenvalue weighted by atomic mass is 79.9. The van der Waals surface area contributed by atoms with E-state index in [2.05, 4.69) is 30.9 Å². The monoisotopic (exact) mass is 604 g/mol. The van der Waals surface area contributed by atoms with Gasteiger partial charge >= 0.3 is 11.8 Å². The van der Waals surface area contributed by atoms with Gasteiger partial charge in [0.1, 0.15) is 24.4 Å². The maximum atomic E-state index is 13.8. The summed E-state index contributed by atoms with van der Waals surface area (Å²) in [5.41, 5.74) is 1.53. The second-order valence-electron chi connectivity index (χ2n) is 10.9. The predicted molar refractivity (Wildman–Crippen MR) is 149 cm³/mol. The van der Waals surface area contributed by atoms with E-state index in [0.29, 0.717) is 63.0 Å². The number of aromatic nitrogens is 4. The van der Waals surface area contributed by atoms with Gasteiger partial charge in [0.2, 0.25) is 0 Å². The van der Waals surface area contributed by atoms with E-state index in [1.165, 1.54) is 6.33 Å². The van der Waals surface area contributed by atoms with Gasteiger partial charge in [-0.3, -0.25) is 4.57 Å². The number of rotatable bonds is 2. The molecular formula is C26H30BrClN6O4. The predicted octanol–water partition coefficient (Wildman–Crippen LogP) is 4.84. The molecule has 1 aromatic carbocycles. The largest absolute Gasteiger partial charge is 0.489 e. The van der Waals surface area contributed by atoms with Crippen molar-refractivity contribution in [3.8, 4) is 11.4 Å². The lowest BCUT2D eigenvalue weighted by molar-refractivity contribution is 0.0202. The summed E-state index contributed by atoms with van der Waals surface area (Å²) >= 11 is 10.3. The molecule has 2 aromatic heterocycles. The lowest BCUT2D eigenvalue weighted by atomic mass is 10.1. The minimum absolute atomic E-state index is 0.0424. The van der Waals surface area contributed by atoms with Crippen LogP contribution in [0.2, 0.25) is 5.02 Å². The first-order valence-electron chi connectivity index (χ1n) is 12.5. The molecule has 1 amide bonds. The van der Waals surface area contributed by atoms with Crippen LogP contribution >= 0.6 is 27.5 Å². The number of hydrogen-bond donors (Lipinski definition) is 0. The Morgan fingerprint density at radius 1 is 1.26 bits per heavy atom. The lowest BCUT2D eigenvalue weighted by Crippen LogP contribution is -2.57. The molecule has 0 unspecified atom stereocenters. The van der Waals surface area contributed by atoms with Crippen LogP contribution in [0.4, 0.5) is 10.6 Å². The molecule has 0 aliphatic carbocycles. The molecule has 1 saturated heterocycles. The van der Waals surface area contributed by atoms with Crippen LogP contribution in [0.15, 0.2) is 21.7 Å². The Bertz CT molecular complexity index is 1500. The number of nitrogens with zero attached hydrogens (tertiary/aromatic N) is 6. The van der Waals surface area contributed by atoms with E-state index in [9.17, 15) is 9.59 Å². The second kappa shape index (κ2) is 9.68. The highest BCUT2D eigenvalue weighted by Gasteiger charge is 2.38. The number of ether oxygens (including phenoxy) is 2. The van der Waals surface area contributed by atoms with E-state index in [0.717, 1.165) is 5.69 Å². The van der Waals surface area contributed by atoms with Gasteiger partial charge in [0, 0.05) is 24.1 Å². The van der Waals surface area contributed by atoms with E-state index >= 15 is 0 Å². The smallest absolute Gasteiger partial charge is 0.410 e. The molecule has 4 heterocycles. The van der Waals surface area contributed by atoms with E-state index in [1.54, 1.807) is 9.47 Å². The Morgan fingerprint density at radius 3 is 2.68 bits per heavy atom. The van der Waals surface area contributed by atoms with Crippen molar-refractivity contribution in [3.05, 3.63) is 43.8 Å². The van der Waals surface area contributed by atoms with Crippen molar-refractivity contribution < 1.29 is 14.3 Å². The van der Waals surface area contributed by atoms with Crippen LogP contribution in [0.25, 0.3) is 16.6 Å². The van der Waals surface area contributed by atoms with Gasteiger partial charge in [0.25, 0.3) is 0 Å². The summed E-state index contributed by atoms with van der Waals surface area (Å²) in [5, 5.41) is 1.02. The van der Waals surface area contributed by atoms with Gasteiger partial charge in [-0.1, -0.05) is 25.4 Å². The number of halogens is 2. The van der Waals surface area contributed by atoms with Crippen molar-refractivity contribution in [1.82, 2.24) is 24.4 Å². The summed E-state index contributed by atoms with van der Waals surface area (Å²) in [4.78, 5) is 43.7. The van der Waals surface area contributed by atoms with Gasteiger partial charge in [-0.05, 0) is 55.6 Å². The standard InChI is InChI=1S/C26H30BrClN6O4/c1-13(2)20-21(14(3)29-12-30-20)34-17-9-16(27)19(28)22-18(17)23(31-24(34)35)33-8-7-32(10-15(33)11-37-22)25(36)38-26(4,5)6/h9,12-13,15H,7-8,10-11H2,1-6H3/t15-/m0/s1. The summed E-state index contributed by atoms with van der Waals surface area (Å²) in [5.74, 6) is 0.962. The summed E-state index contributed by atoms with van der Waals surface area (Å²) in [6.07, 6.45) is 1.13. The molecule has 0 N–H and O–H groups in total. The number of aryl methyl sites for hydroxylation is 1. The van der Waals surface area contributed by atoms with Crippen LogP contribution in [0.5, 0.6) is 5.75 Å². The first kappa shape index (κ1) is 26.7. The van der Waals surface area contributed by atoms with Crippen LogP contribution < -0.4 is 15.3 Å². The minimum atomic E-state index is -0.601. The first-order valence-corrected chi connectivity index (χ1v) is 13.7. The van der Waals surface area contributed by atoms with Gasteiger partial charge in [-0.15, -0.1) is 0 Å². The number of anilines is 1. The Kier molecular flexibility index (Phi) is 6.79. The maximum absolute atomic E-state index is 13.8. The molecule has 0 spiro atoms. The highest BCUT2D eigenvalue weighted by Crippen LogP contribution is 2.45. The summed E-state index contributed by atoms with van der Waals surface area (Å²) in [6, 6.07) is 1.56. The molecule has 0 radical (unpaired) electrons. The Labute approximate surface area is 234 Å². The molecule has 10 nitrogen and oxygen atoms in total. The molecule has 1 fully saturated rings. The number of hydrogen-bond acceptors (Lipinski definition) is 8.